The first-order valence-corrected chi connectivity index (χ1v) is 6.47. The summed E-state index contributed by atoms with van der Waals surface area (Å²) in [6.45, 7) is 9.96. The van der Waals surface area contributed by atoms with Gasteiger partial charge < -0.3 is 5.32 Å². The average molecular weight is 219 g/mol. The smallest absolute Gasteiger partial charge is 0.00674 e. The minimum atomic E-state index is 0.670. The fraction of sp³-hybridized carbons (Fsp3) is 0.600. The molecule has 1 unspecified atom stereocenters. The van der Waals surface area contributed by atoms with E-state index < -0.39 is 0 Å². The summed E-state index contributed by atoms with van der Waals surface area (Å²) < 4.78 is 0. The van der Waals surface area contributed by atoms with Crippen molar-refractivity contribution in [1.82, 2.24) is 5.32 Å². The molecular formula is C15H25N. The molecule has 0 aliphatic rings. The zero-order valence-electron chi connectivity index (χ0n) is 11.1. The highest BCUT2D eigenvalue weighted by molar-refractivity contribution is 5.33. The van der Waals surface area contributed by atoms with Crippen molar-refractivity contribution in [3.05, 3.63) is 34.9 Å². The molecule has 90 valence electrons. The predicted octanol–water partition coefficient (Wildman–Crippen LogP) is 3.62. The summed E-state index contributed by atoms with van der Waals surface area (Å²) in [5, 5.41) is 3.54. The molecule has 1 heteroatoms. The Morgan fingerprint density at radius 1 is 1.12 bits per heavy atom. The zero-order valence-corrected chi connectivity index (χ0v) is 11.1. The standard InChI is InChI=1S/C15H25N/c1-5-14(16-6-2)10-11-15-12(3)8-7-9-13(15)4/h7-9,14,16H,5-6,10-11H2,1-4H3. The molecular weight excluding hydrogens is 194 g/mol. The molecule has 0 spiro atoms. The van der Waals surface area contributed by atoms with Crippen molar-refractivity contribution in [3.8, 4) is 0 Å². The highest BCUT2D eigenvalue weighted by atomic mass is 14.9. The summed E-state index contributed by atoms with van der Waals surface area (Å²) >= 11 is 0. The van der Waals surface area contributed by atoms with E-state index in [1.807, 2.05) is 0 Å². The number of nitrogens with one attached hydrogen (secondary N) is 1. The summed E-state index contributed by atoms with van der Waals surface area (Å²) in [5.41, 5.74) is 4.41. The van der Waals surface area contributed by atoms with Gasteiger partial charge in [0.2, 0.25) is 0 Å². The molecule has 16 heavy (non-hydrogen) atoms. The number of aryl methyl sites for hydroxylation is 2. The van der Waals surface area contributed by atoms with E-state index in [4.69, 9.17) is 0 Å². The van der Waals surface area contributed by atoms with Gasteiger partial charge in [-0.15, -0.1) is 0 Å². The second kappa shape index (κ2) is 6.70. The Hall–Kier alpha value is -0.820. The molecule has 0 saturated heterocycles. The lowest BCUT2D eigenvalue weighted by atomic mass is 9.96. The van der Waals surface area contributed by atoms with E-state index in [0.717, 1.165) is 6.54 Å². The van der Waals surface area contributed by atoms with E-state index in [1.54, 1.807) is 5.56 Å². The normalized spacial score (nSPS) is 12.8. The van der Waals surface area contributed by atoms with Gasteiger partial charge in [0.1, 0.15) is 0 Å². The third-order valence-electron chi connectivity index (χ3n) is 3.37. The second-order valence-electron chi connectivity index (χ2n) is 4.57. The molecule has 1 aromatic carbocycles. The Morgan fingerprint density at radius 3 is 2.25 bits per heavy atom. The largest absolute Gasteiger partial charge is 0.314 e. The van der Waals surface area contributed by atoms with E-state index in [0.29, 0.717) is 6.04 Å². The van der Waals surface area contributed by atoms with Gasteiger partial charge in [0, 0.05) is 6.04 Å². The molecule has 0 bridgehead atoms. The first-order chi connectivity index (χ1) is 7.69. The van der Waals surface area contributed by atoms with Crippen LogP contribution in [0.5, 0.6) is 0 Å². The van der Waals surface area contributed by atoms with Gasteiger partial charge in [-0.1, -0.05) is 32.0 Å². The molecule has 0 saturated carbocycles. The molecule has 0 heterocycles. The van der Waals surface area contributed by atoms with Crippen LogP contribution >= 0.6 is 0 Å². The first kappa shape index (κ1) is 13.2. The van der Waals surface area contributed by atoms with Crippen molar-refractivity contribution in [2.75, 3.05) is 6.54 Å². The van der Waals surface area contributed by atoms with Crippen LogP contribution in [0.4, 0.5) is 0 Å². The van der Waals surface area contributed by atoms with Gasteiger partial charge in [0.15, 0.2) is 0 Å². The van der Waals surface area contributed by atoms with Crippen LogP contribution in [0.25, 0.3) is 0 Å². The maximum Gasteiger partial charge on any atom is 0.00674 e. The van der Waals surface area contributed by atoms with Crippen molar-refractivity contribution in [2.45, 2.75) is 53.0 Å². The number of rotatable bonds is 6. The fourth-order valence-electron chi connectivity index (χ4n) is 2.30. The van der Waals surface area contributed by atoms with Crippen LogP contribution in [0.15, 0.2) is 18.2 Å². The molecule has 0 amide bonds. The third kappa shape index (κ3) is 3.64. The van der Waals surface area contributed by atoms with Crippen LogP contribution in [0, 0.1) is 13.8 Å². The molecule has 1 rings (SSSR count). The summed E-state index contributed by atoms with van der Waals surface area (Å²) in [7, 11) is 0. The molecule has 1 nitrogen and oxygen atoms in total. The van der Waals surface area contributed by atoms with Gasteiger partial charge in [-0.05, 0) is 56.3 Å². The SMILES string of the molecule is CCNC(CC)CCc1c(C)cccc1C. The summed E-state index contributed by atoms with van der Waals surface area (Å²) in [6.07, 6.45) is 3.67. The molecule has 0 fully saturated rings. The lowest BCUT2D eigenvalue weighted by Gasteiger charge is -2.17. The Labute approximate surface area is 100 Å². The lowest BCUT2D eigenvalue weighted by Crippen LogP contribution is -2.28. The highest BCUT2D eigenvalue weighted by Crippen LogP contribution is 2.16. The predicted molar refractivity (Wildman–Crippen MR) is 72.0 cm³/mol. The van der Waals surface area contributed by atoms with Gasteiger partial charge in [-0.3, -0.25) is 0 Å². The minimum Gasteiger partial charge on any atom is -0.314 e. The number of hydrogen-bond donors (Lipinski definition) is 1. The summed E-state index contributed by atoms with van der Waals surface area (Å²) in [6, 6.07) is 7.26. The van der Waals surface area contributed by atoms with E-state index in [2.05, 4.69) is 51.2 Å². The Bertz CT molecular complexity index is 297. The van der Waals surface area contributed by atoms with Crippen molar-refractivity contribution in [3.63, 3.8) is 0 Å². The Kier molecular flexibility index (Phi) is 5.54. The number of benzene rings is 1. The molecule has 1 N–H and O–H groups in total. The van der Waals surface area contributed by atoms with Gasteiger partial charge in [0.25, 0.3) is 0 Å². The third-order valence-corrected chi connectivity index (χ3v) is 3.37. The summed E-state index contributed by atoms with van der Waals surface area (Å²) in [5.74, 6) is 0. The van der Waals surface area contributed by atoms with E-state index >= 15 is 0 Å². The monoisotopic (exact) mass is 219 g/mol. The van der Waals surface area contributed by atoms with Gasteiger partial charge in [-0.2, -0.15) is 0 Å². The molecule has 1 atom stereocenters. The maximum absolute atomic E-state index is 3.54. The molecule has 0 aliphatic heterocycles. The fourth-order valence-corrected chi connectivity index (χ4v) is 2.30. The minimum absolute atomic E-state index is 0.670. The van der Waals surface area contributed by atoms with Gasteiger partial charge >= 0.3 is 0 Å². The molecule has 0 aliphatic carbocycles. The van der Waals surface area contributed by atoms with Crippen molar-refractivity contribution in [1.29, 1.82) is 0 Å². The zero-order chi connectivity index (χ0) is 12.0. The Morgan fingerprint density at radius 2 is 1.75 bits per heavy atom. The lowest BCUT2D eigenvalue weighted by molar-refractivity contribution is 0.480. The van der Waals surface area contributed by atoms with E-state index in [9.17, 15) is 0 Å². The highest BCUT2D eigenvalue weighted by Gasteiger charge is 2.07. The summed E-state index contributed by atoms with van der Waals surface area (Å²) in [4.78, 5) is 0. The molecule has 0 aromatic heterocycles. The number of hydrogen-bond acceptors (Lipinski definition) is 1. The van der Waals surface area contributed by atoms with Crippen LogP contribution < -0.4 is 5.32 Å². The van der Waals surface area contributed by atoms with E-state index in [1.165, 1.54) is 30.4 Å². The quantitative estimate of drug-likeness (QED) is 0.770. The topological polar surface area (TPSA) is 12.0 Å². The van der Waals surface area contributed by atoms with Gasteiger partial charge in [0.05, 0.1) is 0 Å². The molecule has 1 aromatic rings. The second-order valence-corrected chi connectivity index (χ2v) is 4.57. The van der Waals surface area contributed by atoms with Crippen LogP contribution in [0.3, 0.4) is 0 Å². The van der Waals surface area contributed by atoms with Crippen LogP contribution in [0.1, 0.15) is 43.4 Å². The molecule has 0 radical (unpaired) electrons. The van der Waals surface area contributed by atoms with E-state index in [-0.39, 0.29) is 0 Å². The van der Waals surface area contributed by atoms with Crippen LogP contribution in [0.2, 0.25) is 0 Å². The van der Waals surface area contributed by atoms with Crippen LogP contribution in [-0.4, -0.2) is 12.6 Å². The van der Waals surface area contributed by atoms with Gasteiger partial charge in [-0.25, -0.2) is 0 Å². The van der Waals surface area contributed by atoms with Crippen molar-refractivity contribution >= 4 is 0 Å². The van der Waals surface area contributed by atoms with Crippen LogP contribution in [-0.2, 0) is 6.42 Å². The Balaban J connectivity index is 2.59. The van der Waals surface area contributed by atoms with Crippen molar-refractivity contribution < 1.29 is 0 Å². The first-order valence-electron chi connectivity index (χ1n) is 6.47. The van der Waals surface area contributed by atoms with Crippen molar-refractivity contribution in [2.24, 2.45) is 0 Å². The maximum atomic E-state index is 3.54. The average Bonchev–Trinajstić information content (AvgIpc) is 2.27.